The molecular formula is C17H25ClN2OS. The number of amides is 1. The van der Waals surface area contributed by atoms with E-state index in [9.17, 15) is 4.79 Å². The highest BCUT2D eigenvalue weighted by atomic mass is 35.5. The molecule has 2 bridgehead atoms. The molecule has 0 spiro atoms. The normalized spacial score (nSPS) is 30.3. The topological polar surface area (TPSA) is 55.1 Å². The number of benzene rings is 1. The van der Waals surface area contributed by atoms with Crippen LogP contribution in [0.15, 0.2) is 29.2 Å². The van der Waals surface area contributed by atoms with Gasteiger partial charge in [-0.2, -0.15) is 0 Å². The lowest BCUT2D eigenvalue weighted by molar-refractivity contribution is 0.0756. The molecule has 122 valence electrons. The fourth-order valence-corrected chi connectivity index (χ4v) is 4.41. The first-order valence-electron chi connectivity index (χ1n) is 7.88. The van der Waals surface area contributed by atoms with Gasteiger partial charge in [0.2, 0.25) is 0 Å². The van der Waals surface area contributed by atoms with Crippen LogP contribution in [0.3, 0.4) is 0 Å². The molecule has 2 aliphatic rings. The van der Waals surface area contributed by atoms with Crippen molar-refractivity contribution in [2.75, 3.05) is 6.26 Å². The summed E-state index contributed by atoms with van der Waals surface area (Å²) in [7, 11) is 0. The van der Waals surface area contributed by atoms with E-state index < -0.39 is 0 Å². The second kappa shape index (κ2) is 7.71. The summed E-state index contributed by atoms with van der Waals surface area (Å²) in [5.41, 5.74) is 6.91. The number of thioether (sulfide) groups is 1. The highest BCUT2D eigenvalue weighted by Gasteiger charge is 2.39. The zero-order valence-electron chi connectivity index (χ0n) is 13.0. The van der Waals surface area contributed by atoms with Crippen molar-refractivity contribution in [3.63, 3.8) is 0 Å². The van der Waals surface area contributed by atoms with Crippen molar-refractivity contribution in [1.29, 1.82) is 0 Å². The van der Waals surface area contributed by atoms with Crippen LogP contribution in [0.2, 0.25) is 0 Å². The van der Waals surface area contributed by atoms with Gasteiger partial charge in [0.1, 0.15) is 0 Å². The van der Waals surface area contributed by atoms with Gasteiger partial charge in [0.25, 0.3) is 5.91 Å². The van der Waals surface area contributed by atoms with E-state index in [1.165, 1.54) is 24.2 Å². The van der Waals surface area contributed by atoms with E-state index in [2.05, 4.69) is 5.32 Å². The maximum atomic E-state index is 12.5. The highest BCUT2D eigenvalue weighted by Crippen LogP contribution is 2.39. The second-order valence-corrected chi connectivity index (χ2v) is 7.29. The van der Waals surface area contributed by atoms with Crippen molar-refractivity contribution in [1.82, 2.24) is 5.32 Å². The molecule has 2 unspecified atom stereocenters. The number of rotatable bonds is 3. The molecule has 0 radical (unpaired) electrons. The minimum absolute atomic E-state index is 0. The second-order valence-electron chi connectivity index (χ2n) is 6.41. The summed E-state index contributed by atoms with van der Waals surface area (Å²) in [4.78, 5) is 13.7. The lowest BCUT2D eigenvalue weighted by atomic mass is 9.67. The number of carbonyl (C=O) groups is 1. The average molecular weight is 341 g/mol. The number of hydrogen-bond acceptors (Lipinski definition) is 3. The SMILES string of the molecule is CSc1ccc(C(=O)NC2C3CCCC2CC(N)C3)cc1.Cl. The molecule has 2 saturated carbocycles. The van der Waals surface area contributed by atoms with Gasteiger partial charge in [0, 0.05) is 22.5 Å². The van der Waals surface area contributed by atoms with Crippen molar-refractivity contribution in [2.45, 2.75) is 49.1 Å². The van der Waals surface area contributed by atoms with Crippen LogP contribution >= 0.6 is 24.2 Å². The third kappa shape index (κ3) is 3.79. The van der Waals surface area contributed by atoms with Crippen LogP contribution in [-0.2, 0) is 0 Å². The van der Waals surface area contributed by atoms with Crippen LogP contribution in [0.1, 0.15) is 42.5 Å². The fourth-order valence-electron chi connectivity index (χ4n) is 4.00. The highest BCUT2D eigenvalue weighted by molar-refractivity contribution is 7.98. The molecule has 1 amide bonds. The Morgan fingerprint density at radius 3 is 2.32 bits per heavy atom. The van der Waals surface area contributed by atoms with Gasteiger partial charge >= 0.3 is 0 Å². The number of nitrogens with two attached hydrogens (primary N) is 1. The van der Waals surface area contributed by atoms with Crippen molar-refractivity contribution >= 4 is 30.1 Å². The molecule has 5 heteroatoms. The molecule has 0 aromatic heterocycles. The van der Waals surface area contributed by atoms with Crippen molar-refractivity contribution in [3.05, 3.63) is 29.8 Å². The molecule has 3 nitrogen and oxygen atoms in total. The maximum Gasteiger partial charge on any atom is 0.251 e. The van der Waals surface area contributed by atoms with Crippen LogP contribution < -0.4 is 11.1 Å². The first-order chi connectivity index (χ1) is 10.2. The zero-order chi connectivity index (χ0) is 14.8. The Bertz CT molecular complexity index is 494. The molecule has 22 heavy (non-hydrogen) atoms. The molecule has 0 aliphatic heterocycles. The van der Waals surface area contributed by atoms with E-state index in [0.717, 1.165) is 18.4 Å². The Morgan fingerprint density at radius 1 is 1.18 bits per heavy atom. The van der Waals surface area contributed by atoms with Gasteiger partial charge in [-0.25, -0.2) is 0 Å². The Kier molecular flexibility index (Phi) is 6.18. The Hall–Kier alpha value is -0.710. The molecule has 0 heterocycles. The monoisotopic (exact) mass is 340 g/mol. The summed E-state index contributed by atoms with van der Waals surface area (Å²) in [5.74, 6) is 1.21. The molecule has 1 aromatic carbocycles. The fraction of sp³-hybridized carbons (Fsp3) is 0.588. The summed E-state index contributed by atoms with van der Waals surface area (Å²) in [6, 6.07) is 8.52. The summed E-state index contributed by atoms with van der Waals surface area (Å²) < 4.78 is 0. The predicted molar refractivity (Wildman–Crippen MR) is 94.8 cm³/mol. The van der Waals surface area contributed by atoms with Gasteiger partial charge < -0.3 is 11.1 Å². The first kappa shape index (κ1) is 17.6. The predicted octanol–water partition coefficient (Wildman–Crippen LogP) is 3.47. The van der Waals surface area contributed by atoms with E-state index >= 15 is 0 Å². The average Bonchev–Trinajstić information content (AvgIpc) is 2.48. The van der Waals surface area contributed by atoms with E-state index in [1.54, 1.807) is 11.8 Å². The van der Waals surface area contributed by atoms with Crippen LogP contribution in [0.4, 0.5) is 0 Å². The standard InChI is InChI=1S/C17H24N2OS.ClH/c1-21-15-7-5-11(6-8-15)17(20)19-16-12-3-2-4-13(16)10-14(18)9-12;/h5-8,12-14,16H,2-4,9-10,18H2,1H3,(H,19,20);1H. The molecular weight excluding hydrogens is 316 g/mol. The number of nitrogens with one attached hydrogen (secondary N) is 1. The quantitative estimate of drug-likeness (QED) is 0.828. The van der Waals surface area contributed by atoms with Crippen molar-refractivity contribution in [2.24, 2.45) is 17.6 Å². The zero-order valence-corrected chi connectivity index (χ0v) is 14.6. The van der Waals surface area contributed by atoms with Crippen molar-refractivity contribution in [3.8, 4) is 0 Å². The Morgan fingerprint density at radius 2 is 1.77 bits per heavy atom. The number of carbonyl (C=O) groups excluding carboxylic acids is 1. The molecule has 3 N–H and O–H groups in total. The number of halogens is 1. The molecule has 2 fully saturated rings. The van der Waals surface area contributed by atoms with Crippen LogP contribution in [-0.4, -0.2) is 24.2 Å². The molecule has 0 saturated heterocycles. The van der Waals surface area contributed by atoms with E-state index in [-0.39, 0.29) is 18.3 Å². The maximum absolute atomic E-state index is 12.5. The third-order valence-electron chi connectivity index (χ3n) is 5.03. The van der Waals surface area contributed by atoms with E-state index in [4.69, 9.17) is 5.73 Å². The largest absolute Gasteiger partial charge is 0.349 e. The minimum Gasteiger partial charge on any atom is -0.349 e. The minimum atomic E-state index is 0. The van der Waals surface area contributed by atoms with Gasteiger partial charge in [0.15, 0.2) is 0 Å². The van der Waals surface area contributed by atoms with Crippen LogP contribution in [0.5, 0.6) is 0 Å². The summed E-state index contributed by atoms with van der Waals surface area (Å²) in [5, 5.41) is 3.29. The third-order valence-corrected chi connectivity index (χ3v) is 5.77. The van der Waals surface area contributed by atoms with Gasteiger partial charge in [-0.1, -0.05) is 6.42 Å². The lowest BCUT2D eigenvalue weighted by Crippen LogP contribution is -2.53. The van der Waals surface area contributed by atoms with Gasteiger partial charge in [-0.15, -0.1) is 24.2 Å². The lowest BCUT2D eigenvalue weighted by Gasteiger charge is -2.45. The number of hydrogen-bond donors (Lipinski definition) is 2. The summed E-state index contributed by atoms with van der Waals surface area (Å²) >= 11 is 1.69. The number of fused-ring (bicyclic) bond motifs is 2. The summed E-state index contributed by atoms with van der Waals surface area (Å²) in [6.07, 6.45) is 7.87. The Balaban J connectivity index is 0.00000176. The first-order valence-corrected chi connectivity index (χ1v) is 9.10. The van der Waals surface area contributed by atoms with Gasteiger partial charge in [-0.3, -0.25) is 4.79 Å². The van der Waals surface area contributed by atoms with Gasteiger partial charge in [0.05, 0.1) is 0 Å². The van der Waals surface area contributed by atoms with Gasteiger partial charge in [-0.05, 0) is 68.0 Å². The molecule has 2 aliphatic carbocycles. The van der Waals surface area contributed by atoms with Crippen molar-refractivity contribution < 1.29 is 4.79 Å². The van der Waals surface area contributed by atoms with E-state index in [0.29, 0.717) is 23.9 Å². The Labute approximate surface area is 143 Å². The molecule has 1 aromatic rings. The summed E-state index contributed by atoms with van der Waals surface area (Å²) in [6.45, 7) is 0. The molecule has 3 rings (SSSR count). The molecule has 2 atom stereocenters. The smallest absolute Gasteiger partial charge is 0.251 e. The van der Waals surface area contributed by atoms with E-state index in [1.807, 2.05) is 30.5 Å². The van der Waals surface area contributed by atoms with Crippen LogP contribution in [0.25, 0.3) is 0 Å². The van der Waals surface area contributed by atoms with Crippen LogP contribution in [0, 0.1) is 11.8 Å².